The number of carbonyl (C=O) groups is 1. The Balaban J connectivity index is 1.90. The quantitative estimate of drug-likeness (QED) is 0.214. The van der Waals surface area contributed by atoms with Crippen molar-refractivity contribution in [2.75, 3.05) is 0 Å². The third-order valence-corrected chi connectivity index (χ3v) is 5.28. The molecule has 1 aromatic carbocycles. The Labute approximate surface area is 160 Å². The summed E-state index contributed by atoms with van der Waals surface area (Å²) in [5, 5.41) is -0.175. The van der Waals surface area contributed by atoms with Crippen molar-refractivity contribution in [1.82, 2.24) is 0 Å². The molecule has 0 bridgehead atoms. The minimum atomic E-state index is -0.175. The molecule has 0 fully saturated rings. The highest BCUT2D eigenvalue weighted by atomic mass is 35.5. The Morgan fingerprint density at radius 3 is 1.80 bits per heavy atom. The molecular weight excluding hydrogens is 328 g/mol. The highest BCUT2D eigenvalue weighted by molar-refractivity contribution is 6.21. The molecule has 142 valence electrons. The Morgan fingerprint density at radius 2 is 1.28 bits per heavy atom. The summed E-state index contributed by atoms with van der Waals surface area (Å²) >= 11 is 6.33. The molecule has 0 N–H and O–H groups in total. The van der Waals surface area contributed by atoms with Gasteiger partial charge in [-0.2, -0.15) is 0 Å². The Hall–Kier alpha value is -0.820. The van der Waals surface area contributed by atoms with Gasteiger partial charge in [0.05, 0.1) is 5.38 Å². The van der Waals surface area contributed by atoms with Crippen molar-refractivity contribution in [2.45, 2.75) is 102 Å². The fourth-order valence-corrected chi connectivity index (χ4v) is 3.56. The summed E-state index contributed by atoms with van der Waals surface area (Å²) in [5.74, 6) is 0.302. The molecule has 1 unspecified atom stereocenters. The molecular formula is C23H37ClO. The summed E-state index contributed by atoms with van der Waals surface area (Å²) in [6.45, 7) is 2.27. The first-order valence-corrected chi connectivity index (χ1v) is 10.9. The van der Waals surface area contributed by atoms with E-state index in [4.69, 9.17) is 11.6 Å². The smallest absolute Gasteiger partial charge is 0.134 e. The van der Waals surface area contributed by atoms with Crippen molar-refractivity contribution >= 4 is 17.4 Å². The Kier molecular flexibility index (Phi) is 13.7. The number of halogens is 1. The van der Waals surface area contributed by atoms with Crippen molar-refractivity contribution < 1.29 is 4.79 Å². The zero-order valence-corrected chi connectivity index (χ0v) is 16.9. The van der Waals surface area contributed by atoms with Crippen molar-refractivity contribution in [2.24, 2.45) is 0 Å². The van der Waals surface area contributed by atoms with E-state index in [1.54, 1.807) is 0 Å². The molecule has 0 aliphatic heterocycles. The fourth-order valence-electron chi connectivity index (χ4n) is 3.24. The normalized spacial score (nSPS) is 12.2. The molecule has 0 heterocycles. The zero-order valence-electron chi connectivity index (χ0n) is 16.1. The predicted molar refractivity (Wildman–Crippen MR) is 110 cm³/mol. The van der Waals surface area contributed by atoms with Gasteiger partial charge in [0.15, 0.2) is 0 Å². The molecule has 0 saturated heterocycles. The number of hydrogen-bond acceptors (Lipinski definition) is 1. The van der Waals surface area contributed by atoms with Gasteiger partial charge in [-0.1, -0.05) is 108 Å². The van der Waals surface area contributed by atoms with E-state index in [9.17, 15) is 4.79 Å². The van der Waals surface area contributed by atoms with Gasteiger partial charge < -0.3 is 0 Å². The standard InChI is InChI=1S/C23H37ClO/c1-2-3-4-5-6-7-8-9-10-11-12-16-19-22(25)20-23(24)21-17-14-13-15-18-21/h13-15,17-18,23H,2-12,16,19-20H2,1H3. The van der Waals surface area contributed by atoms with Crippen LogP contribution in [0.25, 0.3) is 0 Å². The molecule has 25 heavy (non-hydrogen) atoms. The second-order valence-corrected chi connectivity index (χ2v) is 7.79. The molecule has 0 saturated carbocycles. The number of alkyl halides is 1. The highest BCUT2D eigenvalue weighted by Gasteiger charge is 2.12. The first kappa shape index (κ1) is 22.2. The van der Waals surface area contributed by atoms with Crippen LogP contribution in [0.4, 0.5) is 0 Å². The van der Waals surface area contributed by atoms with Gasteiger partial charge in [-0.15, -0.1) is 11.6 Å². The fraction of sp³-hybridized carbons (Fsp3) is 0.696. The SMILES string of the molecule is CCCCCCCCCCCCCCC(=O)CC(Cl)c1ccccc1. The lowest BCUT2D eigenvalue weighted by molar-refractivity contribution is -0.119. The van der Waals surface area contributed by atoms with Crippen LogP contribution in [0, 0.1) is 0 Å². The molecule has 1 nitrogen and oxygen atoms in total. The van der Waals surface area contributed by atoms with E-state index in [2.05, 4.69) is 6.92 Å². The minimum absolute atomic E-state index is 0.175. The Bertz CT molecular complexity index is 429. The number of benzene rings is 1. The molecule has 2 heteroatoms. The molecule has 0 aromatic heterocycles. The summed E-state index contributed by atoms with van der Waals surface area (Å²) in [6, 6.07) is 9.91. The van der Waals surface area contributed by atoms with E-state index in [1.165, 1.54) is 70.6 Å². The van der Waals surface area contributed by atoms with E-state index in [-0.39, 0.29) is 5.38 Å². The summed E-state index contributed by atoms with van der Waals surface area (Å²) in [7, 11) is 0. The van der Waals surface area contributed by atoms with Gasteiger partial charge in [-0.25, -0.2) is 0 Å². The lowest BCUT2D eigenvalue weighted by atomic mass is 10.0. The monoisotopic (exact) mass is 364 g/mol. The number of Topliss-reactive ketones (excluding diaryl/α,β-unsaturated/α-hetero) is 1. The Morgan fingerprint density at radius 1 is 0.800 bits per heavy atom. The van der Waals surface area contributed by atoms with Crippen LogP contribution in [-0.4, -0.2) is 5.78 Å². The number of unbranched alkanes of at least 4 members (excludes halogenated alkanes) is 11. The van der Waals surface area contributed by atoms with Crippen LogP contribution in [0.5, 0.6) is 0 Å². The van der Waals surface area contributed by atoms with E-state index in [0.29, 0.717) is 18.6 Å². The van der Waals surface area contributed by atoms with Crippen LogP contribution in [0.1, 0.15) is 108 Å². The lowest BCUT2D eigenvalue weighted by Crippen LogP contribution is -2.02. The average Bonchev–Trinajstić information content (AvgIpc) is 2.63. The average molecular weight is 365 g/mol. The van der Waals surface area contributed by atoms with E-state index in [1.807, 2.05) is 30.3 Å². The number of carbonyl (C=O) groups excluding carboxylic acids is 1. The summed E-state index contributed by atoms with van der Waals surface area (Å²) in [5.41, 5.74) is 1.05. The highest BCUT2D eigenvalue weighted by Crippen LogP contribution is 2.25. The summed E-state index contributed by atoms with van der Waals surface area (Å²) in [4.78, 5) is 12.0. The van der Waals surface area contributed by atoms with Gasteiger partial charge in [-0.05, 0) is 12.0 Å². The third kappa shape index (κ3) is 12.2. The van der Waals surface area contributed by atoms with Gasteiger partial charge >= 0.3 is 0 Å². The van der Waals surface area contributed by atoms with Crippen LogP contribution in [0.3, 0.4) is 0 Å². The zero-order chi connectivity index (χ0) is 18.2. The van der Waals surface area contributed by atoms with Crippen molar-refractivity contribution in [1.29, 1.82) is 0 Å². The molecule has 1 rings (SSSR count). The largest absolute Gasteiger partial charge is 0.300 e. The first-order valence-electron chi connectivity index (χ1n) is 10.4. The van der Waals surface area contributed by atoms with E-state index < -0.39 is 0 Å². The van der Waals surface area contributed by atoms with Crippen LogP contribution < -0.4 is 0 Å². The van der Waals surface area contributed by atoms with Crippen LogP contribution in [0.2, 0.25) is 0 Å². The second kappa shape index (κ2) is 15.4. The second-order valence-electron chi connectivity index (χ2n) is 7.26. The molecule has 1 aromatic rings. The molecule has 1 atom stereocenters. The van der Waals surface area contributed by atoms with E-state index >= 15 is 0 Å². The third-order valence-electron chi connectivity index (χ3n) is 4.88. The number of ketones is 1. The molecule has 0 aliphatic carbocycles. The van der Waals surface area contributed by atoms with Gasteiger partial charge in [0.1, 0.15) is 5.78 Å². The minimum Gasteiger partial charge on any atom is -0.300 e. The molecule has 0 aliphatic rings. The maximum Gasteiger partial charge on any atom is 0.134 e. The van der Waals surface area contributed by atoms with Crippen LogP contribution in [0.15, 0.2) is 30.3 Å². The van der Waals surface area contributed by atoms with Gasteiger partial charge in [0.25, 0.3) is 0 Å². The van der Waals surface area contributed by atoms with Crippen LogP contribution in [-0.2, 0) is 4.79 Å². The van der Waals surface area contributed by atoms with Crippen molar-refractivity contribution in [3.8, 4) is 0 Å². The topological polar surface area (TPSA) is 17.1 Å². The van der Waals surface area contributed by atoms with Crippen molar-refractivity contribution in [3.63, 3.8) is 0 Å². The van der Waals surface area contributed by atoms with Gasteiger partial charge in [0.2, 0.25) is 0 Å². The molecule has 0 amide bonds. The maximum absolute atomic E-state index is 12.0. The lowest BCUT2D eigenvalue weighted by Gasteiger charge is -2.08. The molecule has 0 spiro atoms. The number of rotatable bonds is 16. The molecule has 0 radical (unpaired) electrons. The van der Waals surface area contributed by atoms with Gasteiger partial charge in [0, 0.05) is 12.8 Å². The number of hydrogen-bond donors (Lipinski definition) is 0. The first-order chi connectivity index (χ1) is 12.2. The summed E-state index contributed by atoms with van der Waals surface area (Å²) in [6.07, 6.45) is 17.1. The van der Waals surface area contributed by atoms with Crippen molar-refractivity contribution in [3.05, 3.63) is 35.9 Å². The maximum atomic E-state index is 12.0. The van der Waals surface area contributed by atoms with E-state index in [0.717, 1.165) is 12.0 Å². The predicted octanol–water partition coefficient (Wildman–Crippen LogP) is 8.02. The summed E-state index contributed by atoms with van der Waals surface area (Å²) < 4.78 is 0. The van der Waals surface area contributed by atoms with Gasteiger partial charge in [-0.3, -0.25) is 4.79 Å². The van der Waals surface area contributed by atoms with Crippen LogP contribution >= 0.6 is 11.6 Å².